The van der Waals surface area contributed by atoms with E-state index in [1.54, 1.807) is 23.3 Å². The molecular formula is C19H30N8O2S. The lowest BCUT2D eigenvalue weighted by atomic mass is 9.98. The number of anilines is 2. The predicted molar refractivity (Wildman–Crippen MR) is 117 cm³/mol. The summed E-state index contributed by atoms with van der Waals surface area (Å²) in [6, 6.07) is 0. The Hall–Kier alpha value is -2.53. The van der Waals surface area contributed by atoms with E-state index in [-0.39, 0.29) is 13.2 Å². The molecule has 1 aliphatic rings. The van der Waals surface area contributed by atoms with Crippen LogP contribution in [-0.4, -0.2) is 74.5 Å². The second kappa shape index (κ2) is 9.09. The van der Waals surface area contributed by atoms with Crippen LogP contribution in [0.1, 0.15) is 20.3 Å². The third kappa shape index (κ3) is 5.54. The lowest BCUT2D eigenvalue weighted by Crippen LogP contribution is -2.39. The molecule has 0 amide bonds. The summed E-state index contributed by atoms with van der Waals surface area (Å²) < 4.78 is 26.6. The second-order valence-corrected chi connectivity index (χ2v) is 10.0. The lowest BCUT2D eigenvalue weighted by Gasteiger charge is -2.32. The smallest absolute Gasteiger partial charge is 0.229 e. The summed E-state index contributed by atoms with van der Waals surface area (Å²) in [5.41, 5.74) is 1.62. The largest absolute Gasteiger partial charge is 0.321 e. The predicted octanol–water partition coefficient (Wildman–Crippen LogP) is 1.70. The average Bonchev–Trinajstić information content (AvgIpc) is 3.26. The molecule has 1 atom stereocenters. The number of hydrogen-bond donors (Lipinski definition) is 1. The third-order valence-corrected chi connectivity index (χ3v) is 6.07. The highest BCUT2D eigenvalue weighted by Crippen LogP contribution is 2.21. The Morgan fingerprint density at radius 2 is 2.07 bits per heavy atom. The molecule has 10 nitrogen and oxygen atoms in total. The van der Waals surface area contributed by atoms with E-state index in [4.69, 9.17) is 0 Å². The average molecular weight is 435 g/mol. The normalized spacial score (nSPS) is 17.7. The summed E-state index contributed by atoms with van der Waals surface area (Å²) in [4.78, 5) is 11.2. The van der Waals surface area contributed by atoms with Gasteiger partial charge in [-0.3, -0.25) is 4.68 Å². The van der Waals surface area contributed by atoms with Gasteiger partial charge < -0.3 is 10.2 Å². The summed E-state index contributed by atoms with van der Waals surface area (Å²) in [5, 5.41) is 12.7. The molecule has 4 rings (SSSR count). The monoisotopic (exact) mass is 434 g/mol. The van der Waals surface area contributed by atoms with Gasteiger partial charge in [-0.15, -0.1) is 0 Å². The number of aryl methyl sites for hydroxylation is 1. The van der Waals surface area contributed by atoms with Gasteiger partial charge in [0.25, 0.3) is 0 Å². The van der Waals surface area contributed by atoms with E-state index >= 15 is 0 Å². The van der Waals surface area contributed by atoms with Crippen molar-refractivity contribution in [2.24, 2.45) is 13.0 Å². The number of piperidine rings is 1. The molecule has 30 heavy (non-hydrogen) atoms. The Labute approximate surface area is 177 Å². The molecule has 3 aromatic heterocycles. The quantitative estimate of drug-likeness (QED) is 0.598. The van der Waals surface area contributed by atoms with E-state index in [1.165, 1.54) is 6.26 Å². The van der Waals surface area contributed by atoms with Crippen molar-refractivity contribution < 1.29 is 8.42 Å². The fourth-order valence-electron chi connectivity index (χ4n) is 3.72. The standard InChI is InChI=1S/C18H26N8O2S.CH4/c1-24-13-16(10-20-24)22-18-19-8-15-9-21-26(17(15)23-18)12-14-4-3-5-25(11-14)6-7-29(2,27)28;/h8-10,13-14H,3-7,11-12H2,1-2H3,(H,19,22,23);1H4. The molecule has 0 aliphatic carbocycles. The van der Waals surface area contributed by atoms with E-state index in [9.17, 15) is 8.42 Å². The van der Waals surface area contributed by atoms with Crippen LogP contribution >= 0.6 is 0 Å². The Kier molecular flexibility index (Phi) is 6.71. The number of aromatic nitrogens is 6. The number of sulfone groups is 1. The number of likely N-dealkylation sites (tertiary alicyclic amines) is 1. The highest BCUT2D eigenvalue weighted by atomic mass is 32.2. The fraction of sp³-hybridized carbons (Fsp3) is 0.579. The zero-order valence-corrected chi connectivity index (χ0v) is 17.5. The molecule has 0 spiro atoms. The molecule has 3 aromatic rings. The van der Waals surface area contributed by atoms with Gasteiger partial charge in [0.2, 0.25) is 5.95 Å². The molecule has 0 saturated carbocycles. The fourth-order valence-corrected chi connectivity index (χ4v) is 4.31. The van der Waals surface area contributed by atoms with E-state index < -0.39 is 9.84 Å². The SMILES string of the molecule is C.Cn1cc(Nc2ncc3cnn(CC4CCCN(CCS(C)(=O)=O)C4)c3n2)cn1. The first-order valence-electron chi connectivity index (χ1n) is 9.70. The maximum atomic E-state index is 11.5. The van der Waals surface area contributed by atoms with Gasteiger partial charge in [0, 0.05) is 45.3 Å². The Morgan fingerprint density at radius 3 is 2.80 bits per heavy atom. The molecule has 0 bridgehead atoms. The second-order valence-electron chi connectivity index (χ2n) is 7.77. The van der Waals surface area contributed by atoms with Gasteiger partial charge in [0.05, 0.1) is 29.2 Å². The minimum atomic E-state index is -2.94. The first-order valence-corrected chi connectivity index (χ1v) is 11.8. The maximum absolute atomic E-state index is 11.5. The molecule has 1 fully saturated rings. The maximum Gasteiger partial charge on any atom is 0.229 e. The van der Waals surface area contributed by atoms with Crippen molar-refractivity contribution >= 4 is 32.5 Å². The molecule has 1 aliphatic heterocycles. The van der Waals surface area contributed by atoms with Crippen LogP contribution in [0.2, 0.25) is 0 Å². The number of hydrogen-bond acceptors (Lipinski definition) is 8. The minimum absolute atomic E-state index is 0. The van der Waals surface area contributed by atoms with Crippen LogP contribution in [0.5, 0.6) is 0 Å². The van der Waals surface area contributed by atoms with Crippen LogP contribution in [0.3, 0.4) is 0 Å². The van der Waals surface area contributed by atoms with Gasteiger partial charge in [-0.25, -0.2) is 18.1 Å². The van der Waals surface area contributed by atoms with E-state index in [2.05, 4.69) is 30.4 Å². The Bertz CT molecular complexity index is 1090. The van der Waals surface area contributed by atoms with E-state index in [0.717, 1.165) is 49.2 Å². The van der Waals surface area contributed by atoms with Crippen LogP contribution in [0.25, 0.3) is 11.0 Å². The molecule has 1 saturated heterocycles. The summed E-state index contributed by atoms with van der Waals surface area (Å²) in [6.45, 7) is 3.18. The van der Waals surface area contributed by atoms with Crippen molar-refractivity contribution in [1.29, 1.82) is 0 Å². The van der Waals surface area contributed by atoms with Gasteiger partial charge in [-0.2, -0.15) is 15.2 Å². The molecule has 164 valence electrons. The first kappa shape index (κ1) is 22.2. The van der Waals surface area contributed by atoms with Crippen LogP contribution in [-0.2, 0) is 23.4 Å². The Morgan fingerprint density at radius 1 is 1.23 bits per heavy atom. The van der Waals surface area contributed by atoms with Crippen molar-refractivity contribution in [2.45, 2.75) is 26.8 Å². The van der Waals surface area contributed by atoms with Gasteiger partial charge in [0.15, 0.2) is 5.65 Å². The zero-order valence-electron chi connectivity index (χ0n) is 16.7. The van der Waals surface area contributed by atoms with E-state index in [0.29, 0.717) is 18.4 Å². The third-order valence-electron chi connectivity index (χ3n) is 5.15. The highest BCUT2D eigenvalue weighted by Gasteiger charge is 2.22. The van der Waals surface area contributed by atoms with Crippen molar-refractivity contribution in [3.8, 4) is 0 Å². The van der Waals surface area contributed by atoms with Crippen molar-refractivity contribution in [2.75, 3.05) is 37.0 Å². The van der Waals surface area contributed by atoms with Crippen LogP contribution in [0.4, 0.5) is 11.6 Å². The molecule has 11 heteroatoms. The van der Waals surface area contributed by atoms with Crippen molar-refractivity contribution in [1.82, 2.24) is 34.4 Å². The first-order chi connectivity index (χ1) is 13.9. The Balaban J connectivity index is 0.00000256. The molecular weight excluding hydrogens is 404 g/mol. The van der Waals surface area contributed by atoms with E-state index in [1.807, 2.05) is 17.9 Å². The zero-order chi connectivity index (χ0) is 20.4. The van der Waals surface area contributed by atoms with Gasteiger partial charge >= 0.3 is 0 Å². The van der Waals surface area contributed by atoms with Gasteiger partial charge in [-0.1, -0.05) is 7.43 Å². The van der Waals surface area contributed by atoms with Gasteiger partial charge in [0.1, 0.15) is 9.84 Å². The molecule has 0 aromatic carbocycles. The van der Waals surface area contributed by atoms with Crippen molar-refractivity contribution in [3.05, 3.63) is 24.8 Å². The number of nitrogens with one attached hydrogen (secondary N) is 1. The number of nitrogens with zero attached hydrogens (tertiary/aromatic N) is 7. The molecule has 4 heterocycles. The van der Waals surface area contributed by atoms with Gasteiger partial charge in [-0.05, 0) is 25.3 Å². The minimum Gasteiger partial charge on any atom is -0.321 e. The number of rotatable bonds is 7. The van der Waals surface area contributed by atoms with Crippen LogP contribution in [0.15, 0.2) is 24.8 Å². The summed E-state index contributed by atoms with van der Waals surface area (Å²) in [7, 11) is -1.08. The highest BCUT2D eigenvalue weighted by molar-refractivity contribution is 7.90. The lowest BCUT2D eigenvalue weighted by molar-refractivity contribution is 0.168. The summed E-state index contributed by atoms with van der Waals surface area (Å²) in [5.74, 6) is 1.13. The number of fused-ring (bicyclic) bond motifs is 1. The molecule has 0 radical (unpaired) electrons. The molecule has 1 unspecified atom stereocenters. The molecule has 1 N–H and O–H groups in total. The summed E-state index contributed by atoms with van der Waals surface area (Å²) in [6.07, 6.45) is 10.6. The van der Waals surface area contributed by atoms with Crippen LogP contribution in [0, 0.1) is 5.92 Å². The topological polar surface area (TPSA) is 111 Å². The summed E-state index contributed by atoms with van der Waals surface area (Å²) >= 11 is 0. The van der Waals surface area contributed by atoms with Crippen molar-refractivity contribution in [3.63, 3.8) is 0 Å². The van der Waals surface area contributed by atoms with Crippen LogP contribution < -0.4 is 5.32 Å².